The number of carboxylic acid groups (broad SMARTS) is 1. The Morgan fingerprint density at radius 3 is 2.05 bits per heavy atom. The molecule has 4 atom stereocenters. The molecule has 0 heterocycles. The zero-order chi connectivity index (χ0) is 15.9. The number of hydrogen-bond acceptors (Lipinski definition) is 5. The van der Waals surface area contributed by atoms with Gasteiger partial charge in [-0.1, -0.05) is 0 Å². The Hall–Kier alpha value is -0.240. The van der Waals surface area contributed by atoms with Gasteiger partial charge in [-0.25, -0.2) is 0 Å². The summed E-state index contributed by atoms with van der Waals surface area (Å²) in [5.74, 6) is -2.26. The molecule has 0 saturated heterocycles. The second kappa shape index (κ2) is 11.3. The smallest absolute Gasteiger partial charge is 0.325 e. The van der Waals surface area contributed by atoms with E-state index in [4.69, 9.17) is 15.7 Å². The standard InChI is InChI=1S/C11H22N3O5P.Na/c1-6(9(15)14-7(2)11(17)18)13-10(16)8(12)4-5-20(3)19;/h6-8,19H,4-5,12H2,1-3H3,(H,13,16)(H,14,15)(H,17,18);/t6-,7-,8-,20?;/m0./s1. The van der Waals surface area contributed by atoms with Gasteiger partial charge in [0.25, 0.3) is 0 Å². The summed E-state index contributed by atoms with van der Waals surface area (Å²) in [6.45, 7) is 4.42. The first-order valence-electron chi connectivity index (χ1n) is 6.14. The van der Waals surface area contributed by atoms with Crippen LogP contribution in [0.1, 0.15) is 20.3 Å². The predicted octanol–water partition coefficient (Wildman–Crippen LogP) is -1.56. The minimum Gasteiger partial charge on any atom is -0.480 e. The molecule has 0 aromatic rings. The van der Waals surface area contributed by atoms with Crippen LogP contribution in [0.2, 0.25) is 0 Å². The Labute approximate surface area is 147 Å². The normalized spacial score (nSPS) is 15.9. The van der Waals surface area contributed by atoms with Crippen LogP contribution in [0.4, 0.5) is 0 Å². The van der Waals surface area contributed by atoms with Gasteiger partial charge in [0.15, 0.2) is 0 Å². The molecular weight excluding hydrogens is 308 g/mol. The quantitative estimate of drug-likeness (QED) is 0.269. The van der Waals surface area contributed by atoms with Crippen molar-refractivity contribution in [1.82, 2.24) is 10.6 Å². The van der Waals surface area contributed by atoms with E-state index in [9.17, 15) is 14.4 Å². The fourth-order valence-corrected chi connectivity index (χ4v) is 1.89. The summed E-state index contributed by atoms with van der Waals surface area (Å²) in [5.41, 5.74) is 5.62. The average molecular weight is 330 g/mol. The molecule has 117 valence electrons. The van der Waals surface area contributed by atoms with Gasteiger partial charge in [-0.3, -0.25) is 14.4 Å². The van der Waals surface area contributed by atoms with Crippen molar-refractivity contribution >= 4 is 55.5 Å². The first-order chi connectivity index (χ1) is 9.15. The predicted molar refractivity (Wildman–Crippen MR) is 81.1 cm³/mol. The SMILES string of the molecule is C[C@H](NC(=O)[C@H](C)NC(=O)[C@@H](N)CCP(C)O)C(=O)O.[Na]. The van der Waals surface area contributed by atoms with Crippen LogP contribution >= 0.6 is 8.15 Å². The molecule has 0 aliphatic carbocycles. The largest absolute Gasteiger partial charge is 0.480 e. The summed E-state index contributed by atoms with van der Waals surface area (Å²) in [5, 5.41) is 13.3. The van der Waals surface area contributed by atoms with E-state index in [1.807, 2.05) is 0 Å². The topological polar surface area (TPSA) is 142 Å². The second-order valence-corrected chi connectivity index (χ2v) is 6.34. The number of hydrogen-bond donors (Lipinski definition) is 5. The van der Waals surface area contributed by atoms with Crippen molar-refractivity contribution in [2.24, 2.45) is 5.73 Å². The van der Waals surface area contributed by atoms with Crippen molar-refractivity contribution in [3.8, 4) is 0 Å². The van der Waals surface area contributed by atoms with E-state index in [0.29, 0.717) is 12.6 Å². The van der Waals surface area contributed by atoms with E-state index < -0.39 is 44.1 Å². The first kappa shape index (κ1) is 23.0. The number of carboxylic acids is 1. The van der Waals surface area contributed by atoms with Crippen molar-refractivity contribution in [1.29, 1.82) is 0 Å². The van der Waals surface area contributed by atoms with Crippen LogP contribution in [0.15, 0.2) is 0 Å². The minimum atomic E-state index is -1.16. The Bertz CT molecular complexity index is 370. The Balaban J connectivity index is 0. The van der Waals surface area contributed by atoms with Crippen molar-refractivity contribution in [2.45, 2.75) is 38.4 Å². The fourth-order valence-electron chi connectivity index (χ4n) is 1.24. The van der Waals surface area contributed by atoms with Crippen molar-refractivity contribution in [3.63, 3.8) is 0 Å². The molecule has 0 aliphatic heterocycles. The monoisotopic (exact) mass is 330 g/mol. The fraction of sp³-hybridized carbons (Fsp3) is 0.727. The molecule has 21 heavy (non-hydrogen) atoms. The number of aliphatic carboxylic acids is 1. The third kappa shape index (κ3) is 10.2. The summed E-state index contributed by atoms with van der Waals surface area (Å²) in [6, 6.07) is -2.72. The molecule has 0 rings (SSSR count). The van der Waals surface area contributed by atoms with Gasteiger partial charge in [-0.2, -0.15) is 0 Å². The van der Waals surface area contributed by atoms with Crippen LogP contribution in [0.25, 0.3) is 0 Å². The van der Waals surface area contributed by atoms with Crippen LogP contribution < -0.4 is 16.4 Å². The average Bonchev–Trinajstić information content (AvgIpc) is 2.35. The van der Waals surface area contributed by atoms with E-state index in [1.165, 1.54) is 13.8 Å². The molecule has 0 saturated carbocycles. The molecule has 0 aliphatic rings. The van der Waals surface area contributed by atoms with Gasteiger partial charge >= 0.3 is 5.97 Å². The maximum absolute atomic E-state index is 11.7. The van der Waals surface area contributed by atoms with Crippen LogP contribution in [0.5, 0.6) is 0 Å². The van der Waals surface area contributed by atoms with Crippen molar-refractivity contribution in [2.75, 3.05) is 12.8 Å². The van der Waals surface area contributed by atoms with Gasteiger partial charge in [-0.05, 0) is 33.1 Å². The molecule has 0 aromatic heterocycles. The molecule has 0 fully saturated rings. The molecule has 0 aromatic carbocycles. The molecule has 0 bridgehead atoms. The van der Waals surface area contributed by atoms with Gasteiger partial charge in [0.2, 0.25) is 11.8 Å². The van der Waals surface area contributed by atoms with Crippen LogP contribution in [-0.4, -0.2) is 88.3 Å². The third-order valence-electron chi connectivity index (χ3n) is 2.58. The van der Waals surface area contributed by atoms with Gasteiger partial charge in [-0.15, -0.1) is 0 Å². The van der Waals surface area contributed by atoms with E-state index >= 15 is 0 Å². The molecule has 1 radical (unpaired) electrons. The molecule has 0 spiro atoms. The first-order valence-corrected chi connectivity index (χ1v) is 8.07. The molecule has 2 amide bonds. The number of carbonyl (C=O) groups excluding carboxylic acids is 2. The van der Waals surface area contributed by atoms with Crippen LogP contribution in [0.3, 0.4) is 0 Å². The number of nitrogens with two attached hydrogens (primary N) is 1. The maximum Gasteiger partial charge on any atom is 0.325 e. The molecule has 10 heteroatoms. The van der Waals surface area contributed by atoms with Crippen molar-refractivity contribution < 1.29 is 24.4 Å². The summed E-state index contributed by atoms with van der Waals surface area (Å²) < 4.78 is 0. The zero-order valence-corrected chi connectivity index (χ0v) is 15.7. The number of nitrogens with one attached hydrogen (secondary N) is 2. The Morgan fingerprint density at radius 2 is 1.62 bits per heavy atom. The van der Waals surface area contributed by atoms with Gasteiger partial charge < -0.3 is 26.4 Å². The van der Waals surface area contributed by atoms with Crippen molar-refractivity contribution in [3.05, 3.63) is 0 Å². The summed E-state index contributed by atoms with van der Waals surface area (Å²) in [4.78, 5) is 43.1. The summed E-state index contributed by atoms with van der Waals surface area (Å²) in [7, 11) is -1.11. The van der Waals surface area contributed by atoms with Gasteiger partial charge in [0, 0.05) is 37.7 Å². The zero-order valence-electron chi connectivity index (χ0n) is 12.8. The molecule has 1 unspecified atom stereocenters. The Kier molecular flexibility index (Phi) is 12.4. The Morgan fingerprint density at radius 1 is 1.14 bits per heavy atom. The van der Waals surface area contributed by atoms with Crippen LogP contribution in [-0.2, 0) is 14.4 Å². The third-order valence-corrected chi connectivity index (χ3v) is 3.49. The van der Waals surface area contributed by atoms with E-state index in [2.05, 4.69) is 10.6 Å². The molecule has 8 nitrogen and oxygen atoms in total. The van der Waals surface area contributed by atoms with E-state index in [-0.39, 0.29) is 29.6 Å². The van der Waals surface area contributed by atoms with Gasteiger partial charge in [0.05, 0.1) is 6.04 Å². The maximum atomic E-state index is 11.7. The van der Waals surface area contributed by atoms with E-state index in [0.717, 1.165) is 0 Å². The number of carbonyl (C=O) groups is 3. The summed E-state index contributed by atoms with van der Waals surface area (Å²) >= 11 is 0. The number of amides is 2. The van der Waals surface area contributed by atoms with Gasteiger partial charge in [0.1, 0.15) is 12.1 Å². The molecular formula is C11H22N3NaO5P. The van der Waals surface area contributed by atoms with Crippen LogP contribution in [0, 0.1) is 0 Å². The van der Waals surface area contributed by atoms with E-state index in [1.54, 1.807) is 6.66 Å². The molecule has 6 N–H and O–H groups in total. The summed E-state index contributed by atoms with van der Waals surface area (Å²) in [6.07, 6.45) is 0.769. The second-order valence-electron chi connectivity index (χ2n) is 4.58. The number of rotatable bonds is 8. The minimum absolute atomic E-state index is 0.